The van der Waals surface area contributed by atoms with Crippen LogP contribution in [0.5, 0.6) is 0 Å². The summed E-state index contributed by atoms with van der Waals surface area (Å²) in [5, 5.41) is 3.88. The van der Waals surface area contributed by atoms with E-state index in [0.717, 1.165) is 29.5 Å². The number of rotatable bonds is 5. The fourth-order valence-electron chi connectivity index (χ4n) is 6.38. The Balaban J connectivity index is 1.21. The normalized spacial score (nSPS) is 17.8. The molecular weight excluding hydrogens is 608 g/mol. The van der Waals surface area contributed by atoms with Crippen molar-refractivity contribution in [2.75, 3.05) is 32.5 Å². The maximum absolute atomic E-state index is 13.5. The number of nitrogens with one attached hydrogen (secondary N) is 1. The minimum absolute atomic E-state index is 0.0630. The van der Waals surface area contributed by atoms with Crippen molar-refractivity contribution < 1.29 is 19.1 Å². The quantitative estimate of drug-likeness (QED) is 0.288. The molecule has 48 heavy (non-hydrogen) atoms. The van der Waals surface area contributed by atoms with Crippen molar-refractivity contribution in [1.82, 2.24) is 34.2 Å². The highest BCUT2D eigenvalue weighted by atomic mass is 16.6. The number of piperazine rings is 1. The number of ether oxygens (including phenoxy) is 1. The molecule has 6 rings (SSSR count). The maximum Gasteiger partial charge on any atom is 0.410 e. The fraction of sp³-hybridized carbons (Fsp3) is 0.444. The predicted molar refractivity (Wildman–Crippen MR) is 184 cm³/mol. The first-order valence-corrected chi connectivity index (χ1v) is 16.3. The molecule has 2 bridgehead atoms. The molecule has 1 N–H and O–H groups in total. The van der Waals surface area contributed by atoms with Gasteiger partial charge in [-0.2, -0.15) is 4.98 Å². The number of carbonyl (C=O) groups is 3. The molecule has 3 amide bonds. The third-order valence-corrected chi connectivity index (χ3v) is 8.76. The van der Waals surface area contributed by atoms with Gasteiger partial charge in [-0.1, -0.05) is 32.9 Å². The third-order valence-electron chi connectivity index (χ3n) is 8.76. The van der Waals surface area contributed by atoms with E-state index < -0.39 is 5.60 Å². The van der Waals surface area contributed by atoms with Gasteiger partial charge in [0.15, 0.2) is 5.65 Å². The highest BCUT2D eigenvalue weighted by molar-refractivity contribution is 5.99. The number of anilines is 2. The molecule has 12 heteroatoms. The molecule has 3 aromatic heterocycles. The number of aromatic nitrogens is 4. The Morgan fingerprint density at radius 3 is 2.23 bits per heavy atom. The van der Waals surface area contributed by atoms with Gasteiger partial charge in [0.1, 0.15) is 17.1 Å². The van der Waals surface area contributed by atoms with E-state index in [0.29, 0.717) is 41.8 Å². The molecule has 0 radical (unpaired) electrons. The van der Waals surface area contributed by atoms with Crippen molar-refractivity contribution in [3.63, 3.8) is 0 Å². The minimum Gasteiger partial charge on any atom is -0.444 e. The standard InChI is InChI=1S/C36H44N8O4/c1-35(2,3)24-10-9-11-25(17-24)44-28(32(46)41(7)8)16-23-19-38-33(40-30(23)44)39-29-15-12-22(18-37-29)31(45)42-20-26-13-14-27(21-42)43(26)34(47)48-36(4,5)6/h9-12,15-19,26-27H,13-14,20-21H2,1-8H3,(H,37,38,39,40). The molecule has 2 aliphatic heterocycles. The number of likely N-dealkylation sites (tertiary alicyclic amines) is 1. The van der Waals surface area contributed by atoms with Gasteiger partial charge in [0.2, 0.25) is 5.95 Å². The van der Waals surface area contributed by atoms with E-state index in [1.54, 1.807) is 48.4 Å². The second-order valence-electron chi connectivity index (χ2n) is 14.9. The highest BCUT2D eigenvalue weighted by Crippen LogP contribution is 2.33. The summed E-state index contributed by atoms with van der Waals surface area (Å²) in [6, 6.07) is 13.3. The lowest BCUT2D eigenvalue weighted by Gasteiger charge is -2.41. The number of nitrogens with zero attached hydrogens (tertiary/aromatic N) is 7. The summed E-state index contributed by atoms with van der Waals surface area (Å²) in [5.41, 5.74) is 2.83. The van der Waals surface area contributed by atoms with Gasteiger partial charge in [-0.05, 0) is 74.9 Å². The molecule has 5 heterocycles. The van der Waals surface area contributed by atoms with Crippen LogP contribution in [0.15, 0.2) is 54.9 Å². The van der Waals surface area contributed by atoms with Gasteiger partial charge in [0.05, 0.1) is 17.6 Å². The smallest absolute Gasteiger partial charge is 0.410 e. The molecule has 2 saturated heterocycles. The Morgan fingerprint density at radius 1 is 0.917 bits per heavy atom. The molecule has 0 spiro atoms. The van der Waals surface area contributed by atoms with Crippen LogP contribution in [0, 0.1) is 0 Å². The number of fused-ring (bicyclic) bond motifs is 3. The van der Waals surface area contributed by atoms with Crippen LogP contribution in [-0.4, -0.2) is 97.0 Å². The number of hydrogen-bond donors (Lipinski definition) is 1. The van der Waals surface area contributed by atoms with Crippen LogP contribution >= 0.6 is 0 Å². The van der Waals surface area contributed by atoms with Crippen LogP contribution in [0.4, 0.5) is 16.6 Å². The third kappa shape index (κ3) is 6.56. The van der Waals surface area contributed by atoms with Crippen molar-refractivity contribution in [3.05, 3.63) is 71.7 Å². The zero-order valence-electron chi connectivity index (χ0n) is 28.9. The lowest BCUT2D eigenvalue weighted by molar-refractivity contribution is -0.00336. The fourth-order valence-corrected chi connectivity index (χ4v) is 6.38. The van der Waals surface area contributed by atoms with Crippen LogP contribution in [0.1, 0.15) is 80.8 Å². The van der Waals surface area contributed by atoms with Gasteiger partial charge in [0, 0.05) is 50.7 Å². The average molecular weight is 653 g/mol. The van der Waals surface area contributed by atoms with Crippen molar-refractivity contribution in [1.29, 1.82) is 0 Å². The van der Waals surface area contributed by atoms with Gasteiger partial charge in [-0.15, -0.1) is 0 Å². The van der Waals surface area contributed by atoms with Crippen LogP contribution in [0.2, 0.25) is 0 Å². The molecule has 2 unspecified atom stereocenters. The molecule has 2 aliphatic rings. The summed E-state index contributed by atoms with van der Waals surface area (Å²) >= 11 is 0. The average Bonchev–Trinajstić information content (AvgIpc) is 3.53. The molecule has 4 aromatic rings. The van der Waals surface area contributed by atoms with Crippen molar-refractivity contribution in [2.45, 2.75) is 77.5 Å². The van der Waals surface area contributed by atoms with Crippen molar-refractivity contribution >= 4 is 40.7 Å². The molecule has 0 aliphatic carbocycles. The van der Waals surface area contributed by atoms with E-state index in [9.17, 15) is 14.4 Å². The highest BCUT2D eigenvalue weighted by Gasteiger charge is 2.45. The van der Waals surface area contributed by atoms with Gasteiger partial charge in [-0.3, -0.25) is 19.1 Å². The van der Waals surface area contributed by atoms with E-state index in [1.807, 2.05) is 48.4 Å². The first kappa shape index (κ1) is 32.9. The van der Waals surface area contributed by atoms with Crippen LogP contribution in [-0.2, 0) is 10.2 Å². The number of carbonyl (C=O) groups excluding carboxylic acids is 3. The summed E-state index contributed by atoms with van der Waals surface area (Å²) in [5.74, 6) is 0.503. The lowest BCUT2D eigenvalue weighted by atomic mass is 9.87. The SMILES string of the molecule is CN(C)C(=O)c1cc2cnc(Nc3ccc(C(=O)N4CC5CCC(C4)N5C(=O)OC(C)(C)C)cn3)nc2n1-c1cccc(C(C)(C)C)c1. The summed E-state index contributed by atoms with van der Waals surface area (Å²) < 4.78 is 7.49. The van der Waals surface area contributed by atoms with Gasteiger partial charge in [0.25, 0.3) is 11.8 Å². The molecule has 2 fully saturated rings. The summed E-state index contributed by atoms with van der Waals surface area (Å²) in [7, 11) is 3.45. The lowest BCUT2D eigenvalue weighted by Crippen LogP contribution is -2.57. The Morgan fingerprint density at radius 2 is 1.62 bits per heavy atom. The first-order valence-electron chi connectivity index (χ1n) is 16.3. The van der Waals surface area contributed by atoms with E-state index >= 15 is 0 Å². The Hall–Kier alpha value is -5.00. The van der Waals surface area contributed by atoms with E-state index in [-0.39, 0.29) is 35.4 Å². The topological polar surface area (TPSA) is 126 Å². The zero-order valence-corrected chi connectivity index (χ0v) is 28.9. The molecule has 2 atom stereocenters. The maximum atomic E-state index is 13.5. The summed E-state index contributed by atoms with van der Waals surface area (Å²) in [6.45, 7) is 12.9. The molecule has 0 saturated carbocycles. The van der Waals surface area contributed by atoms with Crippen LogP contribution in [0.25, 0.3) is 16.7 Å². The van der Waals surface area contributed by atoms with Crippen molar-refractivity contribution in [2.24, 2.45) is 0 Å². The molecule has 12 nitrogen and oxygen atoms in total. The Kier molecular flexibility index (Phi) is 8.38. The Bertz CT molecular complexity index is 1860. The van der Waals surface area contributed by atoms with E-state index in [2.05, 4.69) is 48.2 Å². The number of hydrogen-bond acceptors (Lipinski definition) is 8. The van der Waals surface area contributed by atoms with Gasteiger partial charge < -0.3 is 19.9 Å². The van der Waals surface area contributed by atoms with Gasteiger partial charge >= 0.3 is 6.09 Å². The number of amides is 3. The van der Waals surface area contributed by atoms with E-state index in [1.165, 1.54) is 0 Å². The largest absolute Gasteiger partial charge is 0.444 e. The monoisotopic (exact) mass is 652 g/mol. The zero-order chi connectivity index (χ0) is 34.5. The number of pyridine rings is 1. The molecular formula is C36H44N8O4. The summed E-state index contributed by atoms with van der Waals surface area (Å²) in [6.07, 6.45) is 4.60. The Labute approximate surface area is 281 Å². The molecule has 252 valence electrons. The number of benzene rings is 1. The predicted octanol–water partition coefficient (Wildman–Crippen LogP) is 5.78. The van der Waals surface area contributed by atoms with Crippen LogP contribution < -0.4 is 5.32 Å². The van der Waals surface area contributed by atoms with Gasteiger partial charge in [-0.25, -0.2) is 14.8 Å². The first-order chi connectivity index (χ1) is 22.6. The van der Waals surface area contributed by atoms with E-state index in [4.69, 9.17) is 9.72 Å². The van der Waals surface area contributed by atoms with Crippen LogP contribution in [0.3, 0.4) is 0 Å². The second-order valence-corrected chi connectivity index (χ2v) is 14.9. The second kappa shape index (κ2) is 12.2. The summed E-state index contributed by atoms with van der Waals surface area (Å²) in [4.78, 5) is 58.5. The van der Waals surface area contributed by atoms with Crippen molar-refractivity contribution in [3.8, 4) is 5.69 Å². The minimum atomic E-state index is -0.571. The molecule has 1 aromatic carbocycles.